The highest BCUT2D eigenvalue weighted by Crippen LogP contribution is 2.28. The Balaban J connectivity index is 1.84. The number of furan rings is 1. The minimum absolute atomic E-state index is 0.911. The van der Waals surface area contributed by atoms with Crippen molar-refractivity contribution >= 4 is 17.5 Å². The van der Waals surface area contributed by atoms with Gasteiger partial charge < -0.3 is 9.73 Å². The van der Waals surface area contributed by atoms with Crippen LogP contribution < -0.4 is 5.32 Å². The van der Waals surface area contributed by atoms with Crippen LogP contribution >= 0.6 is 0 Å². The average Bonchev–Trinajstić information content (AvgIpc) is 2.94. The molecule has 0 saturated carbocycles. The van der Waals surface area contributed by atoms with Gasteiger partial charge in [-0.2, -0.15) is 0 Å². The summed E-state index contributed by atoms with van der Waals surface area (Å²) in [4.78, 5) is 0. The molecule has 0 aliphatic heterocycles. The summed E-state index contributed by atoms with van der Waals surface area (Å²) in [5.74, 6) is 0.911. The number of benzene rings is 2. The Bertz CT molecular complexity index is 800. The normalized spacial score (nSPS) is 11.0. The largest absolute Gasteiger partial charge is 0.462 e. The summed E-state index contributed by atoms with van der Waals surface area (Å²) in [7, 11) is 0. The number of hydrogen-bond acceptors (Lipinski definition) is 2. The number of rotatable bonds is 5. The van der Waals surface area contributed by atoms with E-state index in [2.05, 4.69) is 73.8 Å². The van der Waals surface area contributed by atoms with Crippen molar-refractivity contribution in [2.45, 2.75) is 20.3 Å². The predicted molar refractivity (Wildman–Crippen MR) is 97.9 cm³/mol. The molecule has 0 unspecified atom stereocenters. The van der Waals surface area contributed by atoms with E-state index in [-0.39, 0.29) is 0 Å². The first kappa shape index (κ1) is 15.2. The predicted octanol–water partition coefficient (Wildman–Crippen LogP) is 6.42. The maximum atomic E-state index is 5.64. The van der Waals surface area contributed by atoms with Crippen molar-refractivity contribution in [3.05, 3.63) is 78.3 Å². The van der Waals surface area contributed by atoms with Crippen molar-refractivity contribution in [2.24, 2.45) is 0 Å². The van der Waals surface area contributed by atoms with Crippen LogP contribution in [0, 0.1) is 6.92 Å². The van der Waals surface area contributed by atoms with Gasteiger partial charge in [0.25, 0.3) is 0 Å². The van der Waals surface area contributed by atoms with Crippen LogP contribution in [0.4, 0.5) is 11.4 Å². The molecule has 23 heavy (non-hydrogen) atoms. The molecule has 0 aliphatic carbocycles. The lowest BCUT2D eigenvalue weighted by Crippen LogP contribution is -1.91. The molecule has 0 fully saturated rings. The molecule has 0 spiro atoms. The molecule has 1 N–H and O–H groups in total. The van der Waals surface area contributed by atoms with Crippen LogP contribution in [0.1, 0.15) is 24.7 Å². The van der Waals surface area contributed by atoms with E-state index >= 15 is 0 Å². The second-order valence-electron chi connectivity index (χ2n) is 5.52. The highest BCUT2D eigenvalue weighted by Gasteiger charge is 2.07. The van der Waals surface area contributed by atoms with Crippen molar-refractivity contribution < 1.29 is 4.42 Å². The first-order valence-corrected chi connectivity index (χ1v) is 7.95. The molecule has 2 aromatic carbocycles. The standard InChI is InChI=1S/C21H21NO/c1-3-4-13-21-16(2)20(15-23-21)22-19-12-8-11-18(14-19)17-9-6-5-7-10-17/h4-15,22H,3H2,1-2H3/b13-4-. The summed E-state index contributed by atoms with van der Waals surface area (Å²) in [5.41, 5.74) is 5.60. The lowest BCUT2D eigenvalue weighted by atomic mass is 10.1. The Morgan fingerprint density at radius 2 is 1.78 bits per heavy atom. The molecule has 3 rings (SSSR count). The van der Waals surface area contributed by atoms with Gasteiger partial charge in [-0.1, -0.05) is 55.5 Å². The van der Waals surface area contributed by atoms with E-state index in [0.717, 1.165) is 29.1 Å². The molecule has 2 heteroatoms. The maximum Gasteiger partial charge on any atom is 0.131 e. The van der Waals surface area contributed by atoms with Crippen molar-refractivity contribution in [3.63, 3.8) is 0 Å². The third-order valence-electron chi connectivity index (χ3n) is 3.83. The van der Waals surface area contributed by atoms with Gasteiger partial charge in [0.05, 0.1) is 5.69 Å². The van der Waals surface area contributed by atoms with Crippen LogP contribution in [0.5, 0.6) is 0 Å². The smallest absolute Gasteiger partial charge is 0.131 e. The fourth-order valence-corrected chi connectivity index (χ4v) is 2.51. The van der Waals surface area contributed by atoms with Gasteiger partial charge in [0, 0.05) is 11.3 Å². The molecule has 0 amide bonds. The second kappa shape index (κ2) is 7.01. The van der Waals surface area contributed by atoms with Crippen LogP contribution in [0.25, 0.3) is 17.2 Å². The minimum atomic E-state index is 0.911. The second-order valence-corrected chi connectivity index (χ2v) is 5.52. The van der Waals surface area contributed by atoms with Gasteiger partial charge >= 0.3 is 0 Å². The van der Waals surface area contributed by atoms with Crippen molar-refractivity contribution in [1.82, 2.24) is 0 Å². The van der Waals surface area contributed by atoms with Gasteiger partial charge in [-0.3, -0.25) is 0 Å². The fraction of sp³-hybridized carbons (Fsp3) is 0.143. The fourth-order valence-electron chi connectivity index (χ4n) is 2.51. The van der Waals surface area contributed by atoms with Crippen LogP contribution in [0.2, 0.25) is 0 Å². The molecular formula is C21H21NO. The first-order chi connectivity index (χ1) is 11.3. The Morgan fingerprint density at radius 3 is 2.57 bits per heavy atom. The first-order valence-electron chi connectivity index (χ1n) is 7.95. The highest BCUT2D eigenvalue weighted by atomic mass is 16.3. The zero-order valence-corrected chi connectivity index (χ0v) is 13.5. The van der Waals surface area contributed by atoms with E-state index in [1.54, 1.807) is 6.26 Å². The van der Waals surface area contributed by atoms with Crippen LogP contribution in [-0.2, 0) is 0 Å². The zero-order valence-electron chi connectivity index (χ0n) is 13.5. The van der Waals surface area contributed by atoms with Crippen LogP contribution in [-0.4, -0.2) is 0 Å². The average molecular weight is 303 g/mol. The molecule has 2 nitrogen and oxygen atoms in total. The topological polar surface area (TPSA) is 25.2 Å². The van der Waals surface area contributed by atoms with Gasteiger partial charge in [0.15, 0.2) is 0 Å². The SMILES string of the molecule is CC/C=C\c1occ(Nc2cccc(-c3ccccc3)c2)c1C. The van der Waals surface area contributed by atoms with Crippen molar-refractivity contribution in [2.75, 3.05) is 5.32 Å². The van der Waals surface area contributed by atoms with Crippen molar-refractivity contribution in [3.8, 4) is 11.1 Å². The minimum Gasteiger partial charge on any atom is -0.462 e. The lowest BCUT2D eigenvalue weighted by Gasteiger charge is -2.08. The van der Waals surface area contributed by atoms with Crippen molar-refractivity contribution in [1.29, 1.82) is 0 Å². The summed E-state index contributed by atoms with van der Waals surface area (Å²) in [6.45, 7) is 4.19. The zero-order chi connectivity index (χ0) is 16.1. The molecular weight excluding hydrogens is 282 g/mol. The van der Waals surface area contributed by atoms with Crippen LogP contribution in [0.3, 0.4) is 0 Å². The summed E-state index contributed by atoms with van der Waals surface area (Å²) in [6.07, 6.45) is 6.91. The monoisotopic (exact) mass is 303 g/mol. The van der Waals surface area contributed by atoms with Gasteiger partial charge in [0.2, 0.25) is 0 Å². The summed E-state index contributed by atoms with van der Waals surface area (Å²) in [5, 5.41) is 3.45. The molecule has 1 heterocycles. The highest BCUT2D eigenvalue weighted by molar-refractivity contribution is 5.72. The number of anilines is 2. The summed E-state index contributed by atoms with van der Waals surface area (Å²) >= 11 is 0. The lowest BCUT2D eigenvalue weighted by molar-refractivity contribution is 0.555. The molecule has 0 saturated heterocycles. The van der Waals surface area contributed by atoms with Gasteiger partial charge in [-0.25, -0.2) is 0 Å². The van der Waals surface area contributed by atoms with E-state index in [9.17, 15) is 0 Å². The van der Waals surface area contributed by atoms with E-state index in [0.29, 0.717) is 0 Å². The Morgan fingerprint density at radius 1 is 1.00 bits per heavy atom. The third-order valence-corrected chi connectivity index (χ3v) is 3.83. The maximum absolute atomic E-state index is 5.64. The third kappa shape index (κ3) is 3.54. The Hall–Kier alpha value is -2.74. The summed E-state index contributed by atoms with van der Waals surface area (Å²) in [6, 6.07) is 18.8. The number of nitrogens with one attached hydrogen (secondary N) is 1. The summed E-state index contributed by atoms with van der Waals surface area (Å²) < 4.78 is 5.64. The quantitative estimate of drug-likeness (QED) is 0.588. The Labute approximate surface area is 137 Å². The van der Waals surface area contributed by atoms with Gasteiger partial charge in [0.1, 0.15) is 12.0 Å². The van der Waals surface area contributed by atoms with Gasteiger partial charge in [-0.05, 0) is 42.7 Å². The molecule has 0 radical (unpaired) electrons. The number of hydrogen-bond donors (Lipinski definition) is 1. The van der Waals surface area contributed by atoms with E-state index in [4.69, 9.17) is 4.42 Å². The molecule has 0 aliphatic rings. The number of allylic oxidation sites excluding steroid dienone is 1. The van der Waals surface area contributed by atoms with Crippen LogP contribution in [0.15, 0.2) is 71.4 Å². The molecule has 116 valence electrons. The van der Waals surface area contributed by atoms with E-state index in [1.807, 2.05) is 12.1 Å². The molecule has 0 bridgehead atoms. The molecule has 3 aromatic rings. The van der Waals surface area contributed by atoms with Gasteiger partial charge in [-0.15, -0.1) is 0 Å². The molecule has 0 atom stereocenters. The Kier molecular flexibility index (Phi) is 4.62. The van der Waals surface area contributed by atoms with E-state index < -0.39 is 0 Å². The molecule has 1 aromatic heterocycles. The van der Waals surface area contributed by atoms with E-state index in [1.165, 1.54) is 11.1 Å².